The molecular formula is C21H29NO6. The van der Waals surface area contributed by atoms with Crippen molar-refractivity contribution >= 4 is 17.7 Å². The zero-order chi connectivity index (χ0) is 20.7. The quantitative estimate of drug-likeness (QED) is 0.644. The van der Waals surface area contributed by atoms with Crippen molar-refractivity contribution in [2.45, 2.75) is 51.2 Å². The molecule has 1 aliphatic heterocycles. The Balaban J connectivity index is 2.19. The van der Waals surface area contributed by atoms with E-state index in [4.69, 9.17) is 14.2 Å². The highest BCUT2D eigenvalue weighted by molar-refractivity contribution is 5.92. The standard InChI is InChI=1S/C21H29NO6/c1-14(28-15(2)23)18(20(25)27-4)12-19(24)21(10-5-11-22-21)13-16-6-8-17(26-3)9-7-16/h6-9,14,18,22H,5,10-13H2,1-4H3/t14-,18+,21?/m1/s1. The van der Waals surface area contributed by atoms with Crippen molar-refractivity contribution in [1.29, 1.82) is 0 Å². The summed E-state index contributed by atoms with van der Waals surface area (Å²) in [7, 11) is 2.87. The minimum absolute atomic E-state index is 0.0513. The fourth-order valence-corrected chi connectivity index (χ4v) is 3.72. The molecule has 0 aliphatic carbocycles. The van der Waals surface area contributed by atoms with Crippen LogP contribution in [0.15, 0.2) is 24.3 Å². The number of ether oxygens (including phenoxy) is 3. The van der Waals surface area contributed by atoms with E-state index in [0.29, 0.717) is 12.8 Å². The summed E-state index contributed by atoms with van der Waals surface area (Å²) in [5.74, 6) is -1.21. The van der Waals surface area contributed by atoms with Crippen molar-refractivity contribution in [2.24, 2.45) is 5.92 Å². The first kappa shape index (κ1) is 21.9. The first-order valence-corrected chi connectivity index (χ1v) is 9.47. The number of methoxy groups -OCH3 is 2. The van der Waals surface area contributed by atoms with Gasteiger partial charge in [0, 0.05) is 13.3 Å². The summed E-state index contributed by atoms with van der Waals surface area (Å²) < 4.78 is 15.2. The number of ketones is 1. The first-order valence-electron chi connectivity index (χ1n) is 9.47. The van der Waals surface area contributed by atoms with Crippen LogP contribution in [0.4, 0.5) is 0 Å². The summed E-state index contributed by atoms with van der Waals surface area (Å²) in [6.45, 7) is 3.62. The van der Waals surface area contributed by atoms with E-state index in [-0.39, 0.29) is 12.2 Å². The maximum Gasteiger partial charge on any atom is 0.312 e. The number of benzene rings is 1. The Morgan fingerprint density at radius 2 is 1.86 bits per heavy atom. The zero-order valence-corrected chi connectivity index (χ0v) is 16.9. The van der Waals surface area contributed by atoms with E-state index >= 15 is 0 Å². The van der Waals surface area contributed by atoms with E-state index in [2.05, 4.69) is 5.32 Å². The van der Waals surface area contributed by atoms with Crippen LogP contribution in [0, 0.1) is 5.92 Å². The lowest BCUT2D eigenvalue weighted by molar-refractivity contribution is -0.160. The van der Waals surface area contributed by atoms with Crippen LogP contribution in [0.1, 0.15) is 38.7 Å². The highest BCUT2D eigenvalue weighted by Gasteiger charge is 2.43. The van der Waals surface area contributed by atoms with Gasteiger partial charge in [-0.1, -0.05) is 12.1 Å². The Morgan fingerprint density at radius 1 is 1.18 bits per heavy atom. The number of carbonyl (C=O) groups excluding carboxylic acids is 3. The highest BCUT2D eigenvalue weighted by Crippen LogP contribution is 2.30. The lowest BCUT2D eigenvalue weighted by Gasteiger charge is -2.31. The molecule has 28 heavy (non-hydrogen) atoms. The molecule has 0 saturated carbocycles. The fraction of sp³-hybridized carbons (Fsp3) is 0.571. The number of rotatable bonds is 9. The molecule has 0 spiro atoms. The summed E-state index contributed by atoms with van der Waals surface area (Å²) in [5.41, 5.74) is 0.266. The van der Waals surface area contributed by atoms with E-state index in [1.54, 1.807) is 14.0 Å². The third-order valence-electron chi connectivity index (χ3n) is 5.27. The molecule has 1 unspecified atom stereocenters. The van der Waals surface area contributed by atoms with Crippen molar-refractivity contribution < 1.29 is 28.6 Å². The van der Waals surface area contributed by atoms with Gasteiger partial charge in [0.05, 0.1) is 19.8 Å². The van der Waals surface area contributed by atoms with Gasteiger partial charge >= 0.3 is 11.9 Å². The van der Waals surface area contributed by atoms with E-state index in [1.807, 2.05) is 24.3 Å². The lowest BCUT2D eigenvalue weighted by Crippen LogP contribution is -2.51. The Kier molecular flexibility index (Phi) is 7.57. The monoisotopic (exact) mass is 391 g/mol. The molecule has 1 aromatic rings. The van der Waals surface area contributed by atoms with Crippen molar-refractivity contribution in [2.75, 3.05) is 20.8 Å². The average molecular weight is 391 g/mol. The predicted octanol–water partition coefficient (Wildman–Crippen LogP) is 2.06. The van der Waals surface area contributed by atoms with Gasteiger partial charge < -0.3 is 19.5 Å². The minimum atomic E-state index is -0.837. The van der Waals surface area contributed by atoms with Crippen LogP contribution in [0.3, 0.4) is 0 Å². The summed E-state index contributed by atoms with van der Waals surface area (Å²) in [5, 5.41) is 3.35. The Hall–Kier alpha value is -2.41. The largest absolute Gasteiger partial charge is 0.497 e. The Morgan fingerprint density at radius 3 is 2.36 bits per heavy atom. The van der Waals surface area contributed by atoms with Crippen molar-refractivity contribution in [3.05, 3.63) is 29.8 Å². The molecule has 1 aromatic carbocycles. The number of esters is 2. The van der Waals surface area contributed by atoms with Crippen LogP contribution >= 0.6 is 0 Å². The smallest absolute Gasteiger partial charge is 0.312 e. The average Bonchev–Trinajstić information content (AvgIpc) is 3.15. The molecule has 1 saturated heterocycles. The molecule has 0 aromatic heterocycles. The van der Waals surface area contributed by atoms with E-state index in [1.165, 1.54) is 14.0 Å². The molecule has 7 heteroatoms. The summed E-state index contributed by atoms with van der Waals surface area (Å²) in [4.78, 5) is 36.8. The van der Waals surface area contributed by atoms with Crippen molar-refractivity contribution in [3.63, 3.8) is 0 Å². The molecule has 1 heterocycles. The summed E-state index contributed by atoms with van der Waals surface area (Å²) in [6.07, 6.45) is 1.29. The van der Waals surface area contributed by atoms with Gasteiger partial charge in [0.15, 0.2) is 5.78 Å². The number of hydrogen-bond donors (Lipinski definition) is 1. The molecule has 154 valence electrons. The van der Waals surface area contributed by atoms with Crippen LogP contribution in [0.2, 0.25) is 0 Å². The molecule has 3 atom stereocenters. The van der Waals surface area contributed by atoms with Gasteiger partial charge in [0.25, 0.3) is 0 Å². The summed E-state index contributed by atoms with van der Waals surface area (Å²) >= 11 is 0. The molecule has 7 nitrogen and oxygen atoms in total. The third-order valence-corrected chi connectivity index (χ3v) is 5.27. The molecule has 0 radical (unpaired) electrons. The van der Waals surface area contributed by atoms with Gasteiger partial charge in [-0.05, 0) is 50.4 Å². The molecule has 1 aliphatic rings. The van der Waals surface area contributed by atoms with Gasteiger partial charge in [-0.3, -0.25) is 14.4 Å². The fourth-order valence-electron chi connectivity index (χ4n) is 3.72. The van der Waals surface area contributed by atoms with Crippen molar-refractivity contribution in [3.8, 4) is 5.75 Å². The van der Waals surface area contributed by atoms with Crippen LogP contribution in [-0.4, -0.2) is 50.1 Å². The Labute approximate surface area is 165 Å². The second kappa shape index (κ2) is 9.68. The van der Waals surface area contributed by atoms with Crippen LogP contribution < -0.4 is 10.1 Å². The second-order valence-electron chi connectivity index (χ2n) is 7.21. The van der Waals surface area contributed by atoms with E-state index in [0.717, 1.165) is 24.3 Å². The van der Waals surface area contributed by atoms with Gasteiger partial charge in [-0.15, -0.1) is 0 Å². The van der Waals surface area contributed by atoms with Crippen molar-refractivity contribution in [1.82, 2.24) is 5.32 Å². The number of Topliss-reactive ketones (excluding diaryl/α,β-unsaturated/α-hetero) is 1. The molecule has 0 amide bonds. The maximum absolute atomic E-state index is 13.3. The van der Waals surface area contributed by atoms with E-state index in [9.17, 15) is 14.4 Å². The van der Waals surface area contributed by atoms with Gasteiger partial charge in [0.2, 0.25) is 0 Å². The van der Waals surface area contributed by atoms with Gasteiger partial charge in [0.1, 0.15) is 17.8 Å². The lowest BCUT2D eigenvalue weighted by atomic mass is 9.80. The number of carbonyl (C=O) groups is 3. The van der Waals surface area contributed by atoms with Crippen LogP contribution in [0.5, 0.6) is 5.75 Å². The number of nitrogens with one attached hydrogen (secondary N) is 1. The SMILES string of the molecule is COC(=O)[C@@H](CC(=O)C1(Cc2ccc(OC)cc2)CCCN1)[C@@H](C)OC(C)=O. The zero-order valence-electron chi connectivity index (χ0n) is 16.9. The predicted molar refractivity (Wildman–Crippen MR) is 103 cm³/mol. The van der Waals surface area contributed by atoms with Gasteiger partial charge in [-0.25, -0.2) is 0 Å². The molecule has 1 N–H and O–H groups in total. The molecule has 2 rings (SSSR count). The summed E-state index contributed by atoms with van der Waals surface area (Å²) in [6, 6.07) is 7.60. The topological polar surface area (TPSA) is 90.9 Å². The number of hydrogen-bond acceptors (Lipinski definition) is 7. The minimum Gasteiger partial charge on any atom is -0.497 e. The molecule has 1 fully saturated rings. The molecular weight excluding hydrogens is 362 g/mol. The van der Waals surface area contributed by atoms with Gasteiger partial charge in [-0.2, -0.15) is 0 Å². The first-order chi connectivity index (χ1) is 13.3. The van der Waals surface area contributed by atoms with Crippen LogP contribution in [0.25, 0.3) is 0 Å². The van der Waals surface area contributed by atoms with E-state index < -0.39 is 29.5 Å². The Bertz CT molecular complexity index is 693. The third kappa shape index (κ3) is 5.32. The normalized spacial score (nSPS) is 20.9. The highest BCUT2D eigenvalue weighted by atomic mass is 16.6. The second-order valence-corrected chi connectivity index (χ2v) is 7.21. The van der Waals surface area contributed by atoms with Crippen LogP contribution in [-0.2, 0) is 30.3 Å². The maximum atomic E-state index is 13.3. The molecule has 0 bridgehead atoms.